The monoisotopic (exact) mass is 589 g/mol. The number of esters is 1. The number of benzene rings is 2. The van der Waals surface area contributed by atoms with Crippen molar-refractivity contribution in [3.63, 3.8) is 0 Å². The van der Waals surface area contributed by atoms with Gasteiger partial charge >= 0.3 is 5.97 Å². The summed E-state index contributed by atoms with van der Waals surface area (Å²) >= 11 is 12.1. The highest BCUT2D eigenvalue weighted by molar-refractivity contribution is 14.1. The van der Waals surface area contributed by atoms with Crippen molar-refractivity contribution in [1.29, 1.82) is 0 Å². The Hall–Kier alpha value is -1.58. The third-order valence-corrected chi connectivity index (χ3v) is 6.49. The van der Waals surface area contributed by atoms with Crippen molar-refractivity contribution in [2.45, 2.75) is 20.3 Å². The average molecular weight is 591 g/mol. The van der Waals surface area contributed by atoms with Crippen LogP contribution >= 0.6 is 50.1 Å². The smallest absolute Gasteiger partial charge is 0.363 e. The highest BCUT2D eigenvalue weighted by Gasteiger charge is 2.25. The molecule has 8 heteroatoms. The zero-order valence-corrected chi connectivity index (χ0v) is 20.3. The van der Waals surface area contributed by atoms with Crippen molar-refractivity contribution in [2.24, 2.45) is 4.99 Å². The van der Waals surface area contributed by atoms with Gasteiger partial charge in [0.15, 0.2) is 17.2 Å². The molecule has 0 aliphatic carbocycles. The maximum absolute atomic E-state index is 12.3. The molecular weight excluding hydrogens is 572 g/mol. The summed E-state index contributed by atoms with van der Waals surface area (Å²) in [4.78, 5) is 16.7. The van der Waals surface area contributed by atoms with Crippen LogP contribution < -0.4 is 9.47 Å². The summed E-state index contributed by atoms with van der Waals surface area (Å²) in [6.07, 6.45) is 2.47. The van der Waals surface area contributed by atoms with Crippen molar-refractivity contribution in [2.75, 3.05) is 13.2 Å². The summed E-state index contributed by atoms with van der Waals surface area (Å²) < 4.78 is 18.7. The lowest BCUT2D eigenvalue weighted by Gasteiger charge is -2.14. The van der Waals surface area contributed by atoms with E-state index in [0.29, 0.717) is 40.9 Å². The first-order valence-electron chi connectivity index (χ1n) is 9.00. The zero-order valence-electron chi connectivity index (χ0n) is 15.8. The second-order valence-electron chi connectivity index (χ2n) is 6.08. The Kier molecular flexibility index (Phi) is 7.59. The second kappa shape index (κ2) is 9.95. The number of aliphatic imine (C=N–C) groups is 1. The zero-order chi connectivity index (χ0) is 21.0. The van der Waals surface area contributed by atoms with Gasteiger partial charge in [-0.05, 0) is 93.8 Å². The Morgan fingerprint density at radius 2 is 2.03 bits per heavy atom. The molecule has 0 bridgehead atoms. The van der Waals surface area contributed by atoms with Gasteiger partial charge in [0, 0.05) is 13.6 Å². The number of carbonyl (C=O) groups excluding carboxylic acids is 1. The summed E-state index contributed by atoms with van der Waals surface area (Å²) in [5.41, 5.74) is 1.57. The molecular formula is C21H18BrClINO4. The van der Waals surface area contributed by atoms with Crippen molar-refractivity contribution < 1.29 is 19.0 Å². The molecule has 0 spiro atoms. The Balaban J connectivity index is 1.95. The molecule has 2 aromatic carbocycles. The molecule has 29 heavy (non-hydrogen) atoms. The summed E-state index contributed by atoms with van der Waals surface area (Å²) in [7, 11) is 0. The van der Waals surface area contributed by atoms with Crippen LogP contribution in [0.4, 0.5) is 0 Å². The first-order valence-corrected chi connectivity index (χ1v) is 11.2. The molecule has 152 valence electrons. The fraction of sp³-hybridized carbons (Fsp3) is 0.238. The standard InChI is InChI=1S/C21H18BrClINO4/c1-3-7-28-19-15(23)8-12(10-18(19)27-4-2)9-17-21(26)29-20(25-17)13-5-6-16(24)14(22)11-13/h5-6,8-11H,3-4,7H2,1-2H3/b17-9-. The number of carbonyl (C=O) groups is 1. The Bertz CT molecular complexity index is 1010. The summed E-state index contributed by atoms with van der Waals surface area (Å²) in [5.74, 6) is 0.768. The van der Waals surface area contributed by atoms with Gasteiger partial charge in [-0.25, -0.2) is 9.79 Å². The van der Waals surface area contributed by atoms with Crippen LogP contribution in [0.1, 0.15) is 31.4 Å². The quantitative estimate of drug-likeness (QED) is 0.218. The fourth-order valence-corrected chi connectivity index (χ4v) is 3.59. The van der Waals surface area contributed by atoms with E-state index in [0.717, 1.165) is 14.5 Å². The molecule has 1 aliphatic rings. The molecule has 0 saturated heterocycles. The van der Waals surface area contributed by atoms with Gasteiger partial charge in [0.25, 0.3) is 0 Å². The van der Waals surface area contributed by atoms with Crippen LogP contribution in [0.2, 0.25) is 5.02 Å². The number of hydrogen-bond donors (Lipinski definition) is 0. The molecule has 0 saturated carbocycles. The molecule has 0 aromatic heterocycles. The fourth-order valence-electron chi connectivity index (χ4n) is 2.60. The van der Waals surface area contributed by atoms with Crippen LogP contribution in [0.5, 0.6) is 11.5 Å². The van der Waals surface area contributed by atoms with E-state index >= 15 is 0 Å². The van der Waals surface area contributed by atoms with Gasteiger partial charge in [0.05, 0.1) is 18.2 Å². The minimum absolute atomic E-state index is 0.190. The molecule has 1 aliphatic heterocycles. The van der Waals surface area contributed by atoms with E-state index < -0.39 is 5.97 Å². The normalized spacial score (nSPS) is 14.7. The highest BCUT2D eigenvalue weighted by atomic mass is 127. The van der Waals surface area contributed by atoms with Crippen LogP contribution in [0.25, 0.3) is 6.08 Å². The maximum atomic E-state index is 12.3. The molecule has 0 amide bonds. The Morgan fingerprint density at radius 3 is 2.72 bits per heavy atom. The van der Waals surface area contributed by atoms with Gasteiger partial charge in [-0.1, -0.05) is 18.5 Å². The number of cyclic esters (lactones) is 1. The molecule has 2 aromatic rings. The summed E-state index contributed by atoms with van der Waals surface area (Å²) in [6, 6.07) is 9.12. The van der Waals surface area contributed by atoms with E-state index in [9.17, 15) is 4.79 Å². The number of ether oxygens (including phenoxy) is 3. The van der Waals surface area contributed by atoms with Crippen LogP contribution in [-0.4, -0.2) is 25.1 Å². The van der Waals surface area contributed by atoms with E-state index in [-0.39, 0.29) is 11.6 Å². The number of rotatable bonds is 7. The number of halogens is 3. The minimum Gasteiger partial charge on any atom is -0.490 e. The Labute approximate surface area is 196 Å². The van der Waals surface area contributed by atoms with Crippen LogP contribution in [0, 0.1) is 3.57 Å². The van der Waals surface area contributed by atoms with Crippen LogP contribution in [0.15, 0.2) is 45.5 Å². The van der Waals surface area contributed by atoms with E-state index in [1.165, 1.54) is 0 Å². The number of nitrogens with zero attached hydrogens (tertiary/aromatic N) is 1. The first-order chi connectivity index (χ1) is 13.9. The number of hydrogen-bond acceptors (Lipinski definition) is 5. The lowest BCUT2D eigenvalue weighted by Crippen LogP contribution is -2.05. The average Bonchev–Trinajstić information content (AvgIpc) is 3.04. The predicted molar refractivity (Wildman–Crippen MR) is 126 cm³/mol. The first kappa shape index (κ1) is 22.1. The molecule has 0 unspecified atom stereocenters. The molecule has 0 atom stereocenters. The van der Waals surface area contributed by atoms with Crippen molar-refractivity contribution in [1.82, 2.24) is 0 Å². The molecule has 1 heterocycles. The molecule has 0 N–H and O–H groups in total. The predicted octanol–water partition coefficient (Wildman–Crippen LogP) is 6.24. The summed E-state index contributed by atoms with van der Waals surface area (Å²) in [5, 5.41) is 0.411. The minimum atomic E-state index is -0.518. The van der Waals surface area contributed by atoms with Gasteiger partial charge in [0.1, 0.15) is 0 Å². The van der Waals surface area contributed by atoms with Gasteiger partial charge in [-0.15, -0.1) is 0 Å². The van der Waals surface area contributed by atoms with Crippen molar-refractivity contribution >= 4 is 68.1 Å². The SMILES string of the molecule is CCCOc1c(Cl)cc(/C=C2\N=C(c3ccc(I)c(Br)c3)OC2=O)cc1OCC. The molecule has 0 fully saturated rings. The second-order valence-corrected chi connectivity index (χ2v) is 8.50. The largest absolute Gasteiger partial charge is 0.490 e. The third-order valence-electron chi connectivity index (χ3n) is 3.87. The van der Waals surface area contributed by atoms with Gasteiger partial charge in [-0.2, -0.15) is 0 Å². The van der Waals surface area contributed by atoms with E-state index in [2.05, 4.69) is 43.5 Å². The lowest BCUT2D eigenvalue weighted by atomic mass is 10.1. The van der Waals surface area contributed by atoms with E-state index in [4.69, 9.17) is 25.8 Å². The van der Waals surface area contributed by atoms with Gasteiger partial charge < -0.3 is 14.2 Å². The molecule has 0 radical (unpaired) electrons. The molecule has 5 nitrogen and oxygen atoms in total. The third kappa shape index (κ3) is 5.32. The topological polar surface area (TPSA) is 57.1 Å². The van der Waals surface area contributed by atoms with E-state index in [1.54, 1.807) is 18.2 Å². The lowest BCUT2D eigenvalue weighted by molar-refractivity contribution is -0.129. The van der Waals surface area contributed by atoms with E-state index in [1.807, 2.05) is 32.0 Å². The van der Waals surface area contributed by atoms with Gasteiger partial charge in [0.2, 0.25) is 5.90 Å². The van der Waals surface area contributed by atoms with Crippen molar-refractivity contribution in [3.05, 3.63) is 60.2 Å². The summed E-state index contributed by atoms with van der Waals surface area (Å²) in [6.45, 7) is 4.89. The maximum Gasteiger partial charge on any atom is 0.363 e. The molecule has 3 rings (SSSR count). The van der Waals surface area contributed by atoms with Gasteiger partial charge in [-0.3, -0.25) is 0 Å². The van der Waals surface area contributed by atoms with Crippen LogP contribution in [-0.2, 0) is 9.53 Å². The van der Waals surface area contributed by atoms with Crippen molar-refractivity contribution in [3.8, 4) is 11.5 Å². The highest BCUT2D eigenvalue weighted by Crippen LogP contribution is 2.37. The van der Waals surface area contributed by atoms with Crippen LogP contribution in [0.3, 0.4) is 0 Å². The Morgan fingerprint density at radius 1 is 1.24 bits per heavy atom.